The smallest absolute Gasteiger partial charge is 0.238 e. The second-order valence-corrected chi connectivity index (χ2v) is 8.36. The van der Waals surface area contributed by atoms with Gasteiger partial charge < -0.3 is 14.6 Å². The molecule has 3 aromatic rings. The molecule has 2 fully saturated rings. The normalized spacial score (nSPS) is 18.2. The molecule has 0 bridgehead atoms. The second kappa shape index (κ2) is 8.48. The lowest BCUT2D eigenvalue weighted by Gasteiger charge is -2.29. The molecule has 1 aromatic heterocycles. The Hall–Kier alpha value is -2.86. The van der Waals surface area contributed by atoms with Crippen molar-refractivity contribution in [2.45, 2.75) is 31.6 Å². The first-order chi connectivity index (χ1) is 14.7. The predicted molar refractivity (Wildman–Crippen MR) is 119 cm³/mol. The minimum absolute atomic E-state index is 0.0456. The first-order valence-electron chi connectivity index (χ1n) is 11.0. The van der Waals surface area contributed by atoms with Gasteiger partial charge in [-0.05, 0) is 75.2 Å². The maximum Gasteiger partial charge on any atom is 0.238 e. The third-order valence-electron chi connectivity index (χ3n) is 6.24. The van der Waals surface area contributed by atoms with E-state index in [1.165, 1.54) is 18.5 Å². The van der Waals surface area contributed by atoms with Crippen LogP contribution in [0.4, 0.5) is 11.4 Å². The maximum absolute atomic E-state index is 12.5. The fourth-order valence-corrected chi connectivity index (χ4v) is 4.54. The Morgan fingerprint density at radius 2 is 1.73 bits per heavy atom. The third kappa shape index (κ3) is 4.19. The number of carbonyl (C=O) groups is 1. The Bertz CT molecular complexity index is 966. The predicted octanol–water partition coefficient (Wildman–Crippen LogP) is 4.25. The molecule has 2 aliphatic heterocycles. The number of para-hydroxylation sites is 2. The molecule has 0 atom stereocenters. The molecule has 2 saturated heterocycles. The van der Waals surface area contributed by atoms with Gasteiger partial charge in [-0.3, -0.25) is 9.69 Å². The number of carbonyl (C=O) groups excluding carboxylic acids is 1. The summed E-state index contributed by atoms with van der Waals surface area (Å²) in [7, 11) is 0. The van der Waals surface area contributed by atoms with Gasteiger partial charge in [-0.15, -0.1) is 0 Å². The van der Waals surface area contributed by atoms with Crippen molar-refractivity contribution in [1.82, 2.24) is 9.88 Å². The van der Waals surface area contributed by atoms with Crippen LogP contribution in [0, 0.1) is 0 Å². The summed E-state index contributed by atoms with van der Waals surface area (Å²) in [5, 5.41) is 3.04. The third-order valence-corrected chi connectivity index (χ3v) is 6.24. The summed E-state index contributed by atoms with van der Waals surface area (Å²) >= 11 is 0. The van der Waals surface area contributed by atoms with Crippen LogP contribution in [0.15, 0.2) is 52.9 Å². The lowest BCUT2D eigenvalue weighted by Crippen LogP contribution is -2.38. The molecule has 6 heteroatoms. The highest BCUT2D eigenvalue weighted by molar-refractivity contribution is 5.92. The zero-order valence-corrected chi connectivity index (χ0v) is 17.2. The van der Waals surface area contributed by atoms with Crippen molar-refractivity contribution in [3.8, 4) is 0 Å². The molecule has 0 aliphatic carbocycles. The molecule has 156 valence electrons. The van der Waals surface area contributed by atoms with Gasteiger partial charge in [0.1, 0.15) is 5.52 Å². The summed E-state index contributed by atoms with van der Waals surface area (Å²) in [6.07, 6.45) is 4.46. The van der Waals surface area contributed by atoms with Crippen molar-refractivity contribution in [2.75, 3.05) is 42.9 Å². The van der Waals surface area contributed by atoms with Gasteiger partial charge >= 0.3 is 0 Å². The lowest BCUT2D eigenvalue weighted by atomic mass is 9.97. The molecule has 3 heterocycles. The largest absolute Gasteiger partial charge is 0.440 e. The van der Waals surface area contributed by atoms with Crippen LogP contribution in [0.5, 0.6) is 0 Å². The quantitative estimate of drug-likeness (QED) is 0.689. The number of nitrogens with zero attached hydrogens (tertiary/aromatic N) is 3. The average Bonchev–Trinajstić information content (AvgIpc) is 3.45. The van der Waals surface area contributed by atoms with Crippen molar-refractivity contribution in [1.29, 1.82) is 0 Å². The molecule has 0 radical (unpaired) electrons. The number of hydrogen-bond donors (Lipinski definition) is 1. The highest BCUT2D eigenvalue weighted by atomic mass is 16.3. The van der Waals surface area contributed by atoms with Crippen LogP contribution >= 0.6 is 0 Å². The first-order valence-corrected chi connectivity index (χ1v) is 11.0. The van der Waals surface area contributed by atoms with E-state index in [1.807, 2.05) is 36.4 Å². The van der Waals surface area contributed by atoms with Crippen LogP contribution in [0.3, 0.4) is 0 Å². The minimum atomic E-state index is 0.0456. The van der Waals surface area contributed by atoms with Gasteiger partial charge in [-0.2, -0.15) is 0 Å². The molecule has 30 heavy (non-hydrogen) atoms. The molecule has 2 aromatic carbocycles. The Morgan fingerprint density at radius 3 is 2.47 bits per heavy atom. The molecule has 1 amide bonds. The first kappa shape index (κ1) is 19.1. The van der Waals surface area contributed by atoms with E-state index >= 15 is 0 Å². The number of anilines is 2. The molecule has 0 unspecified atom stereocenters. The monoisotopic (exact) mass is 404 g/mol. The van der Waals surface area contributed by atoms with Crippen LogP contribution in [0.1, 0.15) is 37.5 Å². The molecule has 0 spiro atoms. The van der Waals surface area contributed by atoms with Gasteiger partial charge in [0, 0.05) is 30.4 Å². The maximum atomic E-state index is 12.5. The Labute approximate surface area is 176 Å². The number of benzene rings is 2. The summed E-state index contributed by atoms with van der Waals surface area (Å²) in [5.41, 5.74) is 3.88. The van der Waals surface area contributed by atoms with Crippen molar-refractivity contribution in [3.63, 3.8) is 0 Å². The zero-order chi connectivity index (χ0) is 20.3. The topological polar surface area (TPSA) is 61.6 Å². The molecule has 1 N–H and O–H groups in total. The number of oxazole rings is 1. The number of amides is 1. The average molecular weight is 405 g/mol. The van der Waals surface area contributed by atoms with Crippen molar-refractivity contribution in [2.24, 2.45) is 0 Å². The molecular weight excluding hydrogens is 376 g/mol. The highest BCUT2D eigenvalue weighted by Gasteiger charge is 2.25. The molecule has 0 saturated carbocycles. The van der Waals surface area contributed by atoms with Crippen molar-refractivity contribution in [3.05, 3.63) is 54.4 Å². The van der Waals surface area contributed by atoms with Crippen molar-refractivity contribution >= 4 is 28.4 Å². The van der Waals surface area contributed by atoms with E-state index in [-0.39, 0.29) is 5.91 Å². The van der Waals surface area contributed by atoms with E-state index in [0.717, 1.165) is 61.7 Å². The van der Waals surface area contributed by atoms with Crippen LogP contribution in [0.2, 0.25) is 0 Å². The Kier molecular flexibility index (Phi) is 5.41. The summed E-state index contributed by atoms with van der Waals surface area (Å²) in [5.74, 6) is 1.21. The molecule has 2 aliphatic rings. The number of aromatic nitrogens is 1. The number of rotatable bonds is 5. The number of likely N-dealkylation sites (tertiary alicyclic amines) is 1. The summed E-state index contributed by atoms with van der Waals surface area (Å²) < 4.78 is 5.94. The van der Waals surface area contributed by atoms with Gasteiger partial charge in [0.15, 0.2) is 11.5 Å². The minimum Gasteiger partial charge on any atom is -0.440 e. The lowest BCUT2D eigenvalue weighted by molar-refractivity contribution is -0.117. The van der Waals surface area contributed by atoms with Gasteiger partial charge in [-0.1, -0.05) is 12.1 Å². The van der Waals surface area contributed by atoms with Gasteiger partial charge in [0.05, 0.1) is 6.54 Å². The molecule has 5 rings (SSSR count). The zero-order valence-electron chi connectivity index (χ0n) is 17.2. The summed E-state index contributed by atoms with van der Waals surface area (Å²) in [6.45, 7) is 4.44. The number of nitrogens with one attached hydrogen (secondary N) is 1. The van der Waals surface area contributed by atoms with Crippen molar-refractivity contribution < 1.29 is 9.21 Å². The molecular formula is C24H28N4O2. The van der Waals surface area contributed by atoms with Gasteiger partial charge in [-0.25, -0.2) is 4.98 Å². The number of piperidine rings is 1. The van der Waals surface area contributed by atoms with E-state index < -0.39 is 0 Å². The standard InChI is InChI=1S/C24H28N4O2/c29-23(25-19-7-9-20(10-8-19)28-13-3-4-14-28)17-27-15-11-18(12-16-27)24-26-21-5-1-2-6-22(21)30-24/h1-2,5-10,18H,3-4,11-17H2,(H,25,29). The Balaban J connectivity index is 1.11. The highest BCUT2D eigenvalue weighted by Crippen LogP contribution is 2.30. The van der Waals surface area contributed by atoms with E-state index in [9.17, 15) is 4.79 Å². The van der Waals surface area contributed by atoms with Crippen LogP contribution < -0.4 is 10.2 Å². The van der Waals surface area contributed by atoms with E-state index in [1.54, 1.807) is 0 Å². The summed E-state index contributed by atoms with van der Waals surface area (Å²) in [6, 6.07) is 16.1. The van der Waals surface area contributed by atoms with Crippen LogP contribution in [-0.4, -0.2) is 48.5 Å². The van der Waals surface area contributed by atoms with Crippen LogP contribution in [0.25, 0.3) is 11.1 Å². The van der Waals surface area contributed by atoms with E-state index in [4.69, 9.17) is 4.42 Å². The summed E-state index contributed by atoms with van der Waals surface area (Å²) in [4.78, 5) is 21.8. The number of hydrogen-bond acceptors (Lipinski definition) is 5. The Morgan fingerprint density at radius 1 is 1.00 bits per heavy atom. The van der Waals surface area contributed by atoms with E-state index in [0.29, 0.717) is 12.5 Å². The van der Waals surface area contributed by atoms with Gasteiger partial charge in [0.2, 0.25) is 5.91 Å². The second-order valence-electron chi connectivity index (χ2n) is 8.36. The molecule has 6 nitrogen and oxygen atoms in total. The van der Waals surface area contributed by atoms with Crippen LogP contribution in [-0.2, 0) is 4.79 Å². The number of fused-ring (bicyclic) bond motifs is 1. The van der Waals surface area contributed by atoms with E-state index in [2.05, 4.69) is 32.2 Å². The fraction of sp³-hybridized carbons (Fsp3) is 0.417. The SMILES string of the molecule is O=C(CN1CCC(c2nc3ccccc3o2)CC1)Nc1ccc(N2CCCC2)cc1. The fourth-order valence-electron chi connectivity index (χ4n) is 4.54. The van der Waals surface area contributed by atoms with Gasteiger partial charge in [0.25, 0.3) is 0 Å².